The molecule has 3 heterocycles. The zero-order valence-corrected chi connectivity index (χ0v) is 17.0. The highest BCUT2D eigenvalue weighted by Crippen LogP contribution is 2.35. The molecule has 0 unspecified atom stereocenters. The fourth-order valence-corrected chi connectivity index (χ4v) is 4.14. The molecular weight excluding hydrogens is 406 g/mol. The van der Waals surface area contributed by atoms with Crippen LogP contribution in [0.15, 0.2) is 47.3 Å². The predicted molar refractivity (Wildman–Crippen MR) is 111 cm³/mol. The van der Waals surface area contributed by atoms with E-state index in [-0.39, 0.29) is 12.2 Å². The Bertz CT molecular complexity index is 1350. The van der Waals surface area contributed by atoms with E-state index in [1.165, 1.54) is 15.9 Å². The van der Waals surface area contributed by atoms with Crippen molar-refractivity contribution in [2.45, 2.75) is 6.10 Å². The summed E-state index contributed by atoms with van der Waals surface area (Å²) in [6, 6.07) is 12.9. The van der Waals surface area contributed by atoms with Crippen LogP contribution in [0.25, 0.3) is 11.0 Å². The highest BCUT2D eigenvalue weighted by atomic mass is 32.1. The summed E-state index contributed by atoms with van der Waals surface area (Å²) in [6.45, 7) is 0.285. The summed E-state index contributed by atoms with van der Waals surface area (Å²) in [6.07, 6.45) is 1.31. The first-order chi connectivity index (χ1) is 14.7. The maximum Gasteiger partial charge on any atom is 0.291 e. The number of hydrogen-bond donors (Lipinski definition) is 0. The Morgan fingerprint density at radius 2 is 1.93 bits per heavy atom. The Labute approximate surface area is 174 Å². The van der Waals surface area contributed by atoms with Gasteiger partial charge in [0, 0.05) is 0 Å². The highest BCUT2D eigenvalue weighted by Gasteiger charge is 2.27. The molecule has 0 saturated heterocycles. The van der Waals surface area contributed by atoms with Crippen molar-refractivity contribution in [3.63, 3.8) is 0 Å². The van der Waals surface area contributed by atoms with Crippen molar-refractivity contribution in [3.8, 4) is 23.0 Å². The minimum absolute atomic E-state index is 0.235. The van der Waals surface area contributed by atoms with Crippen LogP contribution < -0.4 is 29.0 Å². The van der Waals surface area contributed by atoms with Gasteiger partial charge in [0.2, 0.25) is 4.96 Å². The Balaban J connectivity index is 1.48. The molecule has 1 aliphatic heterocycles. The van der Waals surface area contributed by atoms with E-state index in [2.05, 4.69) is 10.1 Å². The standard InChI is InChI=1S/C21H17N3O5S/c1-26-13-8-7-12(9-16(13)27-2)10-18-20(25)24-21(30-18)22-19(23-24)17-11-28-14-5-3-4-6-15(14)29-17/h3-10,17H,11H2,1-2H3/b18-10-/t17-/m0/s1. The summed E-state index contributed by atoms with van der Waals surface area (Å²) < 4.78 is 24.1. The van der Waals surface area contributed by atoms with Crippen LogP contribution in [0.3, 0.4) is 0 Å². The van der Waals surface area contributed by atoms with E-state index in [9.17, 15) is 4.79 Å². The fraction of sp³-hybridized carbons (Fsp3) is 0.190. The molecule has 4 aromatic rings. The lowest BCUT2D eigenvalue weighted by molar-refractivity contribution is 0.0852. The van der Waals surface area contributed by atoms with E-state index in [0.717, 1.165) is 5.56 Å². The number of fused-ring (bicyclic) bond motifs is 2. The van der Waals surface area contributed by atoms with Crippen molar-refractivity contribution in [2.24, 2.45) is 0 Å². The summed E-state index contributed by atoms with van der Waals surface area (Å²) in [5.74, 6) is 2.96. The Morgan fingerprint density at radius 3 is 2.70 bits per heavy atom. The van der Waals surface area contributed by atoms with Crippen LogP contribution in [-0.4, -0.2) is 35.4 Å². The molecule has 0 saturated carbocycles. The molecule has 0 radical (unpaired) electrons. The number of thiazole rings is 1. The van der Waals surface area contributed by atoms with Gasteiger partial charge in [0.05, 0.1) is 18.8 Å². The molecule has 0 amide bonds. The molecule has 0 aliphatic carbocycles. The van der Waals surface area contributed by atoms with Crippen molar-refractivity contribution >= 4 is 22.4 Å². The van der Waals surface area contributed by atoms with Gasteiger partial charge < -0.3 is 18.9 Å². The zero-order chi connectivity index (χ0) is 20.7. The maximum absolute atomic E-state index is 12.8. The lowest BCUT2D eigenvalue weighted by Gasteiger charge is -2.24. The van der Waals surface area contributed by atoms with Gasteiger partial charge in [-0.15, -0.1) is 5.10 Å². The molecule has 0 N–H and O–H groups in total. The summed E-state index contributed by atoms with van der Waals surface area (Å²) in [4.78, 5) is 17.8. The number of hydrogen-bond acceptors (Lipinski definition) is 8. The third-order valence-electron chi connectivity index (χ3n) is 4.70. The third kappa shape index (κ3) is 3.13. The Hall–Kier alpha value is -3.59. The molecule has 30 heavy (non-hydrogen) atoms. The van der Waals surface area contributed by atoms with Gasteiger partial charge >= 0.3 is 0 Å². The van der Waals surface area contributed by atoms with Crippen LogP contribution in [0.4, 0.5) is 0 Å². The summed E-state index contributed by atoms with van der Waals surface area (Å²) >= 11 is 1.27. The van der Waals surface area contributed by atoms with Gasteiger partial charge in [-0.1, -0.05) is 29.5 Å². The van der Waals surface area contributed by atoms with Gasteiger partial charge in [-0.2, -0.15) is 9.50 Å². The number of aromatic nitrogens is 3. The third-order valence-corrected chi connectivity index (χ3v) is 5.66. The second-order valence-electron chi connectivity index (χ2n) is 6.56. The molecule has 152 valence electrons. The average molecular weight is 423 g/mol. The van der Waals surface area contributed by atoms with Crippen LogP contribution >= 0.6 is 11.3 Å². The number of benzene rings is 2. The van der Waals surface area contributed by atoms with E-state index in [1.54, 1.807) is 26.4 Å². The molecule has 1 aliphatic rings. The molecule has 2 aromatic carbocycles. The molecule has 5 rings (SSSR count). The first-order valence-corrected chi connectivity index (χ1v) is 9.99. The van der Waals surface area contributed by atoms with E-state index in [0.29, 0.717) is 38.3 Å². The molecule has 0 fully saturated rings. The van der Waals surface area contributed by atoms with E-state index < -0.39 is 6.10 Å². The molecule has 8 nitrogen and oxygen atoms in total. The SMILES string of the molecule is COc1ccc(/C=c2\sc3nc([C@@H]4COc5ccccc5O4)nn3c2=O)cc1OC. The van der Waals surface area contributed by atoms with Crippen molar-refractivity contribution in [1.82, 2.24) is 14.6 Å². The van der Waals surface area contributed by atoms with Crippen LogP contribution in [0, 0.1) is 0 Å². The van der Waals surface area contributed by atoms with Crippen LogP contribution in [0.1, 0.15) is 17.5 Å². The first-order valence-electron chi connectivity index (χ1n) is 9.18. The molecule has 9 heteroatoms. The minimum Gasteiger partial charge on any atom is -0.493 e. The smallest absolute Gasteiger partial charge is 0.291 e. The topological polar surface area (TPSA) is 84.2 Å². The molecule has 0 bridgehead atoms. The average Bonchev–Trinajstić information content (AvgIpc) is 3.32. The van der Waals surface area contributed by atoms with Gasteiger partial charge in [-0.3, -0.25) is 4.79 Å². The van der Waals surface area contributed by atoms with Gasteiger partial charge in [0.1, 0.15) is 6.61 Å². The summed E-state index contributed by atoms with van der Waals surface area (Å²) in [7, 11) is 3.15. The minimum atomic E-state index is -0.468. The largest absolute Gasteiger partial charge is 0.493 e. The number of para-hydroxylation sites is 2. The van der Waals surface area contributed by atoms with Crippen LogP contribution in [-0.2, 0) is 0 Å². The number of ether oxygens (including phenoxy) is 4. The van der Waals surface area contributed by atoms with Gasteiger partial charge in [0.25, 0.3) is 5.56 Å². The van der Waals surface area contributed by atoms with Gasteiger partial charge in [0.15, 0.2) is 34.9 Å². The zero-order valence-electron chi connectivity index (χ0n) is 16.2. The highest BCUT2D eigenvalue weighted by molar-refractivity contribution is 7.15. The van der Waals surface area contributed by atoms with Crippen molar-refractivity contribution < 1.29 is 18.9 Å². The Morgan fingerprint density at radius 1 is 1.13 bits per heavy atom. The van der Waals surface area contributed by atoms with Crippen molar-refractivity contribution in [2.75, 3.05) is 20.8 Å². The summed E-state index contributed by atoms with van der Waals surface area (Å²) in [5, 5.41) is 4.37. The van der Waals surface area contributed by atoms with Crippen LogP contribution in [0.2, 0.25) is 0 Å². The second-order valence-corrected chi connectivity index (χ2v) is 7.57. The first kappa shape index (κ1) is 18.4. The molecular formula is C21H17N3O5S. The van der Waals surface area contributed by atoms with E-state index in [4.69, 9.17) is 18.9 Å². The normalized spacial score (nSPS) is 16.1. The molecule has 1 atom stereocenters. The monoisotopic (exact) mass is 423 g/mol. The quantitative estimate of drug-likeness (QED) is 0.498. The number of methoxy groups -OCH3 is 2. The van der Waals surface area contributed by atoms with E-state index in [1.807, 2.05) is 36.4 Å². The molecule has 2 aromatic heterocycles. The molecule has 0 spiro atoms. The van der Waals surface area contributed by atoms with Crippen LogP contribution in [0.5, 0.6) is 23.0 Å². The number of rotatable bonds is 4. The van der Waals surface area contributed by atoms with E-state index >= 15 is 0 Å². The van der Waals surface area contributed by atoms with Gasteiger partial charge in [-0.25, -0.2) is 0 Å². The maximum atomic E-state index is 12.8. The second kappa shape index (κ2) is 7.34. The lowest BCUT2D eigenvalue weighted by Crippen LogP contribution is -2.26. The number of nitrogens with zero attached hydrogens (tertiary/aromatic N) is 3. The lowest BCUT2D eigenvalue weighted by atomic mass is 10.2. The fourth-order valence-electron chi connectivity index (χ4n) is 3.23. The predicted octanol–water partition coefficient (Wildman–Crippen LogP) is 2.23. The summed E-state index contributed by atoms with van der Waals surface area (Å²) in [5.41, 5.74) is 0.579. The van der Waals surface area contributed by atoms with Crippen molar-refractivity contribution in [3.05, 3.63) is 68.7 Å². The Kier molecular flexibility index (Phi) is 4.51. The van der Waals surface area contributed by atoms with Crippen molar-refractivity contribution in [1.29, 1.82) is 0 Å². The van der Waals surface area contributed by atoms with Gasteiger partial charge in [-0.05, 0) is 35.9 Å².